The summed E-state index contributed by atoms with van der Waals surface area (Å²) in [6.45, 7) is 3.81. The molecule has 0 bridgehead atoms. The first-order chi connectivity index (χ1) is 14.6. The van der Waals surface area contributed by atoms with Crippen LogP contribution in [0.2, 0.25) is 0 Å². The number of anilines is 1. The second-order valence-electron chi connectivity index (χ2n) is 6.99. The maximum Gasteiger partial charge on any atom is 0.322 e. The normalized spacial score (nSPS) is 13.8. The molecule has 8 heteroatoms. The van der Waals surface area contributed by atoms with Crippen LogP contribution < -0.4 is 10.1 Å². The van der Waals surface area contributed by atoms with E-state index in [-0.39, 0.29) is 11.9 Å². The molecule has 1 aromatic carbocycles. The first-order valence-corrected chi connectivity index (χ1v) is 9.68. The van der Waals surface area contributed by atoms with Gasteiger partial charge in [0, 0.05) is 32.2 Å². The van der Waals surface area contributed by atoms with E-state index in [1.54, 1.807) is 40.3 Å². The highest BCUT2D eigenvalue weighted by molar-refractivity contribution is 5.92. The second-order valence-corrected chi connectivity index (χ2v) is 6.99. The van der Waals surface area contributed by atoms with Gasteiger partial charge in [0.2, 0.25) is 5.88 Å². The number of hydrogen-bond donors (Lipinski definition) is 1. The van der Waals surface area contributed by atoms with E-state index in [4.69, 9.17) is 9.15 Å². The van der Waals surface area contributed by atoms with Gasteiger partial charge in [-0.05, 0) is 37.3 Å². The summed E-state index contributed by atoms with van der Waals surface area (Å²) in [5, 5.41) is 2.83. The van der Waals surface area contributed by atoms with Crippen LogP contribution in [0.5, 0.6) is 11.6 Å². The molecule has 1 saturated heterocycles. The van der Waals surface area contributed by atoms with Gasteiger partial charge < -0.3 is 24.3 Å². The molecule has 8 nitrogen and oxygen atoms in total. The number of carbonyl (C=O) groups excluding carboxylic acids is 2. The van der Waals surface area contributed by atoms with Crippen LogP contribution in [0.3, 0.4) is 0 Å². The highest BCUT2D eigenvalue weighted by Crippen LogP contribution is 2.21. The molecule has 0 radical (unpaired) electrons. The van der Waals surface area contributed by atoms with Gasteiger partial charge in [0.15, 0.2) is 5.76 Å². The van der Waals surface area contributed by atoms with Gasteiger partial charge in [-0.2, -0.15) is 0 Å². The molecule has 0 atom stereocenters. The zero-order valence-corrected chi connectivity index (χ0v) is 16.6. The third kappa shape index (κ3) is 4.60. The highest BCUT2D eigenvalue weighted by atomic mass is 16.5. The number of hydrogen-bond acceptors (Lipinski definition) is 5. The second kappa shape index (κ2) is 8.69. The van der Waals surface area contributed by atoms with Crippen molar-refractivity contribution in [2.24, 2.45) is 0 Å². The summed E-state index contributed by atoms with van der Waals surface area (Å²) >= 11 is 0. The van der Waals surface area contributed by atoms with Gasteiger partial charge in [-0.1, -0.05) is 17.7 Å². The van der Waals surface area contributed by atoms with Crippen LogP contribution in [0, 0.1) is 6.92 Å². The lowest BCUT2D eigenvalue weighted by Crippen LogP contribution is -2.51. The summed E-state index contributed by atoms with van der Waals surface area (Å²) in [7, 11) is 0. The van der Waals surface area contributed by atoms with Crippen molar-refractivity contribution in [1.82, 2.24) is 14.8 Å². The number of amides is 3. The first-order valence-electron chi connectivity index (χ1n) is 9.68. The van der Waals surface area contributed by atoms with E-state index in [2.05, 4.69) is 10.3 Å². The van der Waals surface area contributed by atoms with Crippen LogP contribution >= 0.6 is 0 Å². The van der Waals surface area contributed by atoms with E-state index in [0.29, 0.717) is 49.3 Å². The van der Waals surface area contributed by atoms with Crippen molar-refractivity contribution >= 4 is 17.6 Å². The molecule has 3 aromatic rings. The van der Waals surface area contributed by atoms with Gasteiger partial charge in [0.05, 0.1) is 18.1 Å². The van der Waals surface area contributed by atoms with Crippen molar-refractivity contribution in [1.29, 1.82) is 0 Å². The van der Waals surface area contributed by atoms with Gasteiger partial charge in [-0.25, -0.2) is 9.78 Å². The predicted molar refractivity (Wildman–Crippen MR) is 111 cm³/mol. The van der Waals surface area contributed by atoms with E-state index in [1.165, 1.54) is 6.26 Å². The van der Waals surface area contributed by atoms with Crippen molar-refractivity contribution in [3.8, 4) is 11.6 Å². The number of nitrogens with zero attached hydrogens (tertiary/aromatic N) is 3. The number of carbonyl (C=O) groups is 2. The Balaban J connectivity index is 1.28. The molecule has 2 aromatic heterocycles. The van der Waals surface area contributed by atoms with Crippen molar-refractivity contribution < 1.29 is 18.7 Å². The molecule has 30 heavy (non-hydrogen) atoms. The maximum absolute atomic E-state index is 12.5. The van der Waals surface area contributed by atoms with Crippen molar-refractivity contribution in [3.63, 3.8) is 0 Å². The Bertz CT molecular complexity index is 993. The molecule has 1 aliphatic rings. The molecule has 1 N–H and O–H groups in total. The van der Waals surface area contributed by atoms with Crippen LogP contribution in [-0.2, 0) is 0 Å². The van der Waals surface area contributed by atoms with Gasteiger partial charge in [-0.15, -0.1) is 0 Å². The van der Waals surface area contributed by atoms with Crippen LogP contribution in [0.4, 0.5) is 10.5 Å². The predicted octanol–water partition coefficient (Wildman–Crippen LogP) is 3.77. The highest BCUT2D eigenvalue weighted by Gasteiger charge is 2.26. The SMILES string of the molecule is Cc1ccc(Oc2ccc(NC(=O)N3CCN(C(=O)c4ccco4)CC3)cn2)cc1. The number of aryl methyl sites for hydroxylation is 1. The van der Waals surface area contributed by atoms with E-state index in [0.717, 1.165) is 5.56 Å². The van der Waals surface area contributed by atoms with Gasteiger partial charge >= 0.3 is 6.03 Å². The quantitative estimate of drug-likeness (QED) is 0.713. The fourth-order valence-corrected chi connectivity index (χ4v) is 3.11. The molecule has 1 fully saturated rings. The third-order valence-corrected chi connectivity index (χ3v) is 4.82. The van der Waals surface area contributed by atoms with Crippen LogP contribution in [0.25, 0.3) is 0 Å². The lowest BCUT2D eigenvalue weighted by atomic mass is 10.2. The van der Waals surface area contributed by atoms with Crippen molar-refractivity contribution in [3.05, 3.63) is 72.3 Å². The van der Waals surface area contributed by atoms with E-state index >= 15 is 0 Å². The van der Waals surface area contributed by atoms with E-state index in [1.807, 2.05) is 31.2 Å². The number of urea groups is 1. The van der Waals surface area contributed by atoms with Crippen molar-refractivity contribution in [2.45, 2.75) is 6.92 Å². The monoisotopic (exact) mass is 406 g/mol. The van der Waals surface area contributed by atoms with Gasteiger partial charge in [0.1, 0.15) is 5.75 Å². The zero-order chi connectivity index (χ0) is 20.9. The summed E-state index contributed by atoms with van der Waals surface area (Å²) in [6, 6.07) is 14.2. The molecule has 0 saturated carbocycles. The number of ether oxygens (including phenoxy) is 1. The molecule has 0 aliphatic carbocycles. The molecule has 0 unspecified atom stereocenters. The standard InChI is InChI=1S/C22H22N4O4/c1-16-4-7-18(8-5-16)30-20-9-6-17(15-23-20)24-22(28)26-12-10-25(11-13-26)21(27)19-3-2-14-29-19/h2-9,14-15H,10-13H2,1H3,(H,24,28). The molecular weight excluding hydrogens is 384 g/mol. The van der Waals surface area contributed by atoms with E-state index in [9.17, 15) is 9.59 Å². The third-order valence-electron chi connectivity index (χ3n) is 4.82. The van der Waals surface area contributed by atoms with Gasteiger partial charge in [0.25, 0.3) is 5.91 Å². The van der Waals surface area contributed by atoms with Crippen LogP contribution in [0.1, 0.15) is 16.1 Å². The number of pyridine rings is 1. The molecule has 154 valence electrons. The minimum atomic E-state index is -0.228. The van der Waals surface area contributed by atoms with Crippen LogP contribution in [-0.4, -0.2) is 52.9 Å². The summed E-state index contributed by atoms with van der Waals surface area (Å²) in [4.78, 5) is 32.4. The minimum Gasteiger partial charge on any atom is -0.459 e. The molecule has 3 amide bonds. The van der Waals surface area contributed by atoms with E-state index < -0.39 is 0 Å². The lowest BCUT2D eigenvalue weighted by molar-refractivity contribution is 0.0640. The number of piperazine rings is 1. The Hall–Kier alpha value is -3.81. The summed E-state index contributed by atoms with van der Waals surface area (Å²) in [6.07, 6.45) is 3.03. The smallest absolute Gasteiger partial charge is 0.322 e. The van der Waals surface area contributed by atoms with Gasteiger partial charge in [-0.3, -0.25) is 4.79 Å². The number of rotatable bonds is 4. The Morgan fingerprint density at radius 1 is 1.00 bits per heavy atom. The summed E-state index contributed by atoms with van der Waals surface area (Å²) in [5.41, 5.74) is 1.73. The molecule has 1 aliphatic heterocycles. The molecule has 0 spiro atoms. The zero-order valence-electron chi connectivity index (χ0n) is 16.6. The maximum atomic E-state index is 12.5. The minimum absolute atomic E-state index is 0.159. The Morgan fingerprint density at radius 3 is 2.37 bits per heavy atom. The molecule has 4 rings (SSSR count). The largest absolute Gasteiger partial charge is 0.459 e. The topological polar surface area (TPSA) is 87.9 Å². The average molecular weight is 406 g/mol. The Morgan fingerprint density at radius 2 is 1.73 bits per heavy atom. The number of aromatic nitrogens is 1. The summed E-state index contributed by atoms with van der Waals surface area (Å²) in [5.74, 6) is 1.30. The fourth-order valence-electron chi connectivity index (χ4n) is 3.11. The first kappa shape index (κ1) is 19.5. The number of furan rings is 1. The molecule has 3 heterocycles. The molecular formula is C22H22N4O4. The van der Waals surface area contributed by atoms with Crippen LogP contribution in [0.15, 0.2) is 65.4 Å². The average Bonchev–Trinajstić information content (AvgIpc) is 3.31. The lowest BCUT2D eigenvalue weighted by Gasteiger charge is -2.34. The number of nitrogens with one attached hydrogen (secondary N) is 1. The van der Waals surface area contributed by atoms with Crippen molar-refractivity contribution in [2.75, 3.05) is 31.5 Å². The Labute approximate surface area is 174 Å². The number of benzene rings is 1. The fraction of sp³-hybridized carbons (Fsp3) is 0.227. The summed E-state index contributed by atoms with van der Waals surface area (Å²) < 4.78 is 10.8. The Kier molecular flexibility index (Phi) is 5.65.